The van der Waals surface area contributed by atoms with Gasteiger partial charge in [-0.3, -0.25) is 9.36 Å². The summed E-state index contributed by atoms with van der Waals surface area (Å²) < 4.78 is 6.62. The summed E-state index contributed by atoms with van der Waals surface area (Å²) in [5, 5.41) is 1.04. The van der Waals surface area contributed by atoms with E-state index in [0.29, 0.717) is 24.2 Å². The predicted octanol–water partition coefficient (Wildman–Crippen LogP) is 3.95. The molecule has 1 aromatic heterocycles. The van der Waals surface area contributed by atoms with Crippen LogP contribution in [0.1, 0.15) is 17.2 Å². The Hall–Kier alpha value is -2.18. The summed E-state index contributed by atoms with van der Waals surface area (Å²) in [7, 11) is 0. The smallest absolute Gasteiger partial charge is 0.408 e. The van der Waals surface area contributed by atoms with Crippen molar-refractivity contribution in [3.63, 3.8) is 0 Å². The molecule has 1 atom stereocenters. The second-order valence-corrected chi connectivity index (χ2v) is 8.19. The topological polar surface area (TPSA) is 55.5 Å². The van der Waals surface area contributed by atoms with Gasteiger partial charge in [-0.2, -0.15) is 11.8 Å². The van der Waals surface area contributed by atoms with E-state index in [2.05, 4.69) is 6.07 Å². The molecule has 4 rings (SSSR count). The molecule has 0 unspecified atom stereocenters. The van der Waals surface area contributed by atoms with Gasteiger partial charge < -0.3 is 9.32 Å². The Labute approximate surface area is 165 Å². The summed E-state index contributed by atoms with van der Waals surface area (Å²) in [6.07, 6.45) is 0.834. The van der Waals surface area contributed by atoms with E-state index in [1.807, 2.05) is 40.9 Å². The first-order valence-electron chi connectivity index (χ1n) is 8.85. The van der Waals surface area contributed by atoms with Gasteiger partial charge in [0.05, 0.1) is 5.52 Å². The van der Waals surface area contributed by atoms with Crippen molar-refractivity contribution >= 4 is 40.4 Å². The number of halogens is 1. The maximum absolute atomic E-state index is 12.8. The zero-order valence-electron chi connectivity index (χ0n) is 14.6. The maximum atomic E-state index is 12.8. The Morgan fingerprint density at radius 3 is 2.78 bits per heavy atom. The molecule has 0 spiro atoms. The minimum atomic E-state index is -0.498. The lowest BCUT2D eigenvalue weighted by atomic mass is 10.1. The van der Waals surface area contributed by atoms with Gasteiger partial charge in [0.2, 0.25) is 5.91 Å². The van der Waals surface area contributed by atoms with Crippen LogP contribution in [0.25, 0.3) is 11.1 Å². The second kappa shape index (κ2) is 7.82. The number of carbonyl (C=O) groups excluding carboxylic acids is 1. The van der Waals surface area contributed by atoms with Crippen LogP contribution in [0.15, 0.2) is 57.7 Å². The molecule has 0 radical (unpaired) electrons. The first-order chi connectivity index (χ1) is 13.1. The number of fused-ring (bicyclic) bond motifs is 1. The van der Waals surface area contributed by atoms with Gasteiger partial charge in [0.1, 0.15) is 6.54 Å². The Morgan fingerprint density at radius 2 is 1.93 bits per heavy atom. The van der Waals surface area contributed by atoms with Gasteiger partial charge in [0.15, 0.2) is 5.58 Å². The Bertz CT molecular complexity index is 1030. The summed E-state index contributed by atoms with van der Waals surface area (Å²) in [4.78, 5) is 26.8. The van der Waals surface area contributed by atoms with Crippen molar-refractivity contribution in [3.8, 4) is 0 Å². The van der Waals surface area contributed by atoms with E-state index < -0.39 is 5.76 Å². The Balaban J connectivity index is 1.48. The number of amides is 1. The highest BCUT2D eigenvalue weighted by molar-refractivity contribution is 7.99. The standard InChI is InChI=1S/C20H19ClN2O3S/c21-15-6-2-1-5-14(15)18-9-10-22(11-12-27-18)19(24)13-23-16-7-3-4-8-17(16)26-20(23)25/h1-8,18H,9-13H2/t18-/m0/s1. The summed E-state index contributed by atoms with van der Waals surface area (Å²) in [5.74, 6) is 0.273. The highest BCUT2D eigenvalue weighted by Gasteiger charge is 2.24. The van der Waals surface area contributed by atoms with Gasteiger partial charge in [-0.1, -0.05) is 41.9 Å². The molecule has 1 saturated heterocycles. The molecule has 140 valence electrons. The zero-order valence-corrected chi connectivity index (χ0v) is 16.2. The number of carbonyl (C=O) groups is 1. The molecule has 0 bridgehead atoms. The maximum Gasteiger partial charge on any atom is 0.420 e. The lowest BCUT2D eigenvalue weighted by Crippen LogP contribution is -2.37. The molecule has 3 aromatic rings. The van der Waals surface area contributed by atoms with E-state index in [9.17, 15) is 9.59 Å². The number of oxazole rings is 1. The van der Waals surface area contributed by atoms with Crippen LogP contribution in [0.4, 0.5) is 0 Å². The molecule has 0 saturated carbocycles. The average molecular weight is 403 g/mol. The molecule has 1 aliphatic heterocycles. The van der Waals surface area contributed by atoms with Crippen molar-refractivity contribution in [2.24, 2.45) is 0 Å². The van der Waals surface area contributed by atoms with Crippen molar-refractivity contribution in [1.82, 2.24) is 9.47 Å². The van der Waals surface area contributed by atoms with Crippen LogP contribution in [-0.4, -0.2) is 34.2 Å². The molecule has 0 aliphatic carbocycles. The Morgan fingerprint density at radius 1 is 1.15 bits per heavy atom. The first kappa shape index (κ1) is 18.2. The van der Waals surface area contributed by atoms with E-state index in [0.717, 1.165) is 22.8 Å². The number of hydrogen-bond acceptors (Lipinski definition) is 4. The van der Waals surface area contributed by atoms with Gasteiger partial charge in [0, 0.05) is 29.1 Å². The summed E-state index contributed by atoms with van der Waals surface area (Å²) >= 11 is 8.16. The minimum absolute atomic E-state index is 0.00271. The molecule has 5 nitrogen and oxygen atoms in total. The van der Waals surface area contributed by atoms with Gasteiger partial charge in [-0.25, -0.2) is 4.79 Å². The molecule has 2 heterocycles. The number of rotatable bonds is 3. The van der Waals surface area contributed by atoms with Crippen LogP contribution in [0.5, 0.6) is 0 Å². The van der Waals surface area contributed by atoms with Gasteiger partial charge in [0.25, 0.3) is 0 Å². The van der Waals surface area contributed by atoms with Crippen LogP contribution >= 0.6 is 23.4 Å². The third-order valence-electron chi connectivity index (χ3n) is 4.81. The zero-order chi connectivity index (χ0) is 18.8. The second-order valence-electron chi connectivity index (χ2n) is 6.47. The fourth-order valence-corrected chi connectivity index (χ4v) is 5.00. The Kier molecular flexibility index (Phi) is 5.27. The summed E-state index contributed by atoms with van der Waals surface area (Å²) in [6.45, 7) is 1.30. The van der Waals surface area contributed by atoms with Crippen LogP contribution in [0.3, 0.4) is 0 Å². The third-order valence-corrected chi connectivity index (χ3v) is 6.47. The highest BCUT2D eigenvalue weighted by atomic mass is 35.5. The van der Waals surface area contributed by atoms with E-state index in [4.69, 9.17) is 16.0 Å². The highest BCUT2D eigenvalue weighted by Crippen LogP contribution is 2.37. The van der Waals surface area contributed by atoms with Crippen LogP contribution in [0, 0.1) is 0 Å². The van der Waals surface area contributed by atoms with Crippen molar-refractivity contribution < 1.29 is 9.21 Å². The molecule has 7 heteroatoms. The van der Waals surface area contributed by atoms with Gasteiger partial charge >= 0.3 is 5.76 Å². The van der Waals surface area contributed by atoms with E-state index in [1.54, 1.807) is 18.2 Å². The quantitative estimate of drug-likeness (QED) is 0.665. The monoisotopic (exact) mass is 402 g/mol. The molecule has 2 aromatic carbocycles. The molecule has 0 N–H and O–H groups in total. The fourth-order valence-electron chi connectivity index (χ4n) is 3.40. The van der Waals surface area contributed by atoms with Crippen LogP contribution in [0.2, 0.25) is 5.02 Å². The molecular weight excluding hydrogens is 384 g/mol. The van der Waals surface area contributed by atoms with E-state index in [1.165, 1.54) is 4.57 Å². The van der Waals surface area contributed by atoms with Crippen LogP contribution < -0.4 is 5.76 Å². The molecular formula is C20H19ClN2O3S. The lowest BCUT2D eigenvalue weighted by Gasteiger charge is -2.20. The fraction of sp³-hybridized carbons (Fsp3) is 0.300. The number of benzene rings is 2. The van der Waals surface area contributed by atoms with Crippen LogP contribution in [-0.2, 0) is 11.3 Å². The van der Waals surface area contributed by atoms with E-state index in [-0.39, 0.29) is 17.7 Å². The minimum Gasteiger partial charge on any atom is -0.408 e. The summed E-state index contributed by atoms with van der Waals surface area (Å²) in [5.41, 5.74) is 2.27. The lowest BCUT2D eigenvalue weighted by molar-refractivity contribution is -0.131. The van der Waals surface area contributed by atoms with Crippen molar-refractivity contribution in [2.75, 3.05) is 18.8 Å². The number of aromatic nitrogens is 1. The van der Waals surface area contributed by atoms with E-state index >= 15 is 0 Å². The van der Waals surface area contributed by atoms with Gasteiger partial charge in [-0.05, 0) is 30.2 Å². The van der Waals surface area contributed by atoms with Crippen molar-refractivity contribution in [3.05, 3.63) is 69.7 Å². The molecule has 1 amide bonds. The molecule has 1 fully saturated rings. The van der Waals surface area contributed by atoms with Crippen molar-refractivity contribution in [2.45, 2.75) is 18.2 Å². The number of nitrogens with zero attached hydrogens (tertiary/aromatic N) is 2. The SMILES string of the molecule is O=C(Cn1c(=O)oc2ccccc21)N1CCS[C@H](c2ccccc2Cl)CC1. The van der Waals surface area contributed by atoms with Gasteiger partial charge in [-0.15, -0.1) is 0 Å². The summed E-state index contributed by atoms with van der Waals surface area (Å²) in [6, 6.07) is 15.0. The average Bonchev–Trinajstić information content (AvgIpc) is 2.84. The normalized spacial score (nSPS) is 17.8. The number of para-hydroxylation sites is 2. The first-order valence-corrected chi connectivity index (χ1v) is 10.3. The number of hydrogen-bond donors (Lipinski definition) is 0. The predicted molar refractivity (Wildman–Crippen MR) is 108 cm³/mol. The molecule has 1 aliphatic rings. The number of thioether (sulfide) groups is 1. The molecule has 27 heavy (non-hydrogen) atoms. The van der Waals surface area contributed by atoms with Crippen molar-refractivity contribution in [1.29, 1.82) is 0 Å². The third kappa shape index (κ3) is 3.77. The largest absolute Gasteiger partial charge is 0.420 e.